The van der Waals surface area contributed by atoms with Gasteiger partial charge in [-0.1, -0.05) is 0 Å². The molecule has 36 valence electrons. The molecule has 1 aromatic rings. The van der Waals surface area contributed by atoms with E-state index in [-0.39, 0.29) is 5.63 Å². The van der Waals surface area contributed by atoms with Crippen molar-refractivity contribution in [3.63, 3.8) is 0 Å². The summed E-state index contributed by atoms with van der Waals surface area (Å²) >= 11 is 0. The number of hydrogen-bond acceptors (Lipinski definition) is 3. The van der Waals surface area contributed by atoms with Gasteiger partial charge in [0.05, 0.1) is 0 Å². The van der Waals surface area contributed by atoms with Crippen LogP contribution in [-0.2, 0) is 0 Å². The lowest BCUT2D eigenvalue weighted by atomic mass is 10.7. The molecule has 0 unspecified atom stereocenters. The molecule has 0 bridgehead atoms. The first-order valence-corrected chi connectivity index (χ1v) is 1.78. The Labute approximate surface area is 39.6 Å². The fourth-order valence-corrected chi connectivity index (χ4v) is 0.261. The SMILES string of the molecule is O=c1ccnco1. The van der Waals surface area contributed by atoms with Crippen LogP contribution < -0.4 is 5.63 Å². The predicted octanol–water partition coefficient (Wildman–Crippen LogP) is 0.0348. The Bertz CT molecular complexity index is 175. The van der Waals surface area contributed by atoms with Crippen LogP contribution >= 0.6 is 0 Å². The molecular weight excluding hydrogens is 94.0 g/mol. The topological polar surface area (TPSA) is 43.1 Å². The summed E-state index contributed by atoms with van der Waals surface area (Å²) in [5.41, 5.74) is -0.366. The zero-order valence-electron chi connectivity index (χ0n) is 3.50. The molecule has 1 rings (SSSR count). The van der Waals surface area contributed by atoms with Crippen LogP contribution in [0, 0.1) is 0 Å². The highest BCUT2D eigenvalue weighted by atomic mass is 16.4. The summed E-state index contributed by atoms with van der Waals surface area (Å²) in [5, 5.41) is 0. The molecule has 0 spiro atoms. The minimum absolute atomic E-state index is 0.366. The number of aromatic nitrogens is 1. The van der Waals surface area contributed by atoms with E-state index in [1.165, 1.54) is 12.3 Å². The van der Waals surface area contributed by atoms with Crippen LogP contribution in [0.4, 0.5) is 0 Å². The van der Waals surface area contributed by atoms with E-state index in [2.05, 4.69) is 9.40 Å². The Morgan fingerprint density at radius 3 is 2.86 bits per heavy atom. The molecular formula is C4H3NO2. The van der Waals surface area contributed by atoms with Gasteiger partial charge < -0.3 is 4.42 Å². The summed E-state index contributed by atoms with van der Waals surface area (Å²) in [5.74, 6) is 0. The zero-order valence-corrected chi connectivity index (χ0v) is 3.50. The molecule has 0 radical (unpaired) electrons. The Morgan fingerprint density at radius 1 is 1.71 bits per heavy atom. The third-order valence-electron chi connectivity index (χ3n) is 0.526. The predicted molar refractivity (Wildman–Crippen MR) is 22.8 cm³/mol. The average Bonchev–Trinajstić information content (AvgIpc) is 1.69. The van der Waals surface area contributed by atoms with Crippen molar-refractivity contribution in [2.45, 2.75) is 0 Å². The van der Waals surface area contributed by atoms with Crippen LogP contribution in [0.5, 0.6) is 0 Å². The highest BCUT2D eigenvalue weighted by Crippen LogP contribution is 1.64. The second-order valence-corrected chi connectivity index (χ2v) is 1.01. The smallest absolute Gasteiger partial charge is 0.338 e. The quantitative estimate of drug-likeness (QED) is 0.459. The van der Waals surface area contributed by atoms with Crippen LogP contribution in [0.3, 0.4) is 0 Å². The summed E-state index contributed by atoms with van der Waals surface area (Å²) < 4.78 is 4.26. The van der Waals surface area contributed by atoms with Crippen molar-refractivity contribution < 1.29 is 4.42 Å². The van der Waals surface area contributed by atoms with Gasteiger partial charge in [-0.3, -0.25) is 0 Å². The molecule has 0 aromatic carbocycles. The van der Waals surface area contributed by atoms with E-state index < -0.39 is 0 Å². The third-order valence-corrected chi connectivity index (χ3v) is 0.526. The highest BCUT2D eigenvalue weighted by molar-refractivity contribution is 4.72. The van der Waals surface area contributed by atoms with Crippen molar-refractivity contribution in [3.05, 3.63) is 29.1 Å². The molecule has 0 atom stereocenters. The third kappa shape index (κ3) is 0.855. The van der Waals surface area contributed by atoms with Gasteiger partial charge in [0.2, 0.25) is 0 Å². The van der Waals surface area contributed by atoms with Crippen molar-refractivity contribution in [1.82, 2.24) is 4.98 Å². The largest absolute Gasteiger partial charge is 0.411 e. The number of hydrogen-bond donors (Lipinski definition) is 0. The summed E-state index contributed by atoms with van der Waals surface area (Å²) in [6.07, 6.45) is 2.48. The van der Waals surface area contributed by atoms with E-state index in [1.807, 2.05) is 0 Å². The van der Waals surface area contributed by atoms with Gasteiger partial charge >= 0.3 is 5.63 Å². The lowest BCUT2D eigenvalue weighted by molar-refractivity contribution is 0.490. The molecule has 1 aromatic heterocycles. The van der Waals surface area contributed by atoms with E-state index in [0.29, 0.717) is 0 Å². The van der Waals surface area contributed by atoms with Crippen LogP contribution in [0.1, 0.15) is 0 Å². The maximum atomic E-state index is 10.1. The van der Waals surface area contributed by atoms with Gasteiger partial charge in [-0.2, -0.15) is 0 Å². The normalized spacial score (nSPS) is 8.57. The highest BCUT2D eigenvalue weighted by Gasteiger charge is 1.73. The Morgan fingerprint density at radius 2 is 2.57 bits per heavy atom. The second-order valence-electron chi connectivity index (χ2n) is 1.01. The first kappa shape index (κ1) is 4.05. The molecule has 7 heavy (non-hydrogen) atoms. The molecule has 3 nitrogen and oxygen atoms in total. The minimum atomic E-state index is -0.366. The molecule has 0 aliphatic rings. The fraction of sp³-hybridized carbons (Fsp3) is 0. The molecule has 0 saturated carbocycles. The Hall–Kier alpha value is -1.12. The van der Waals surface area contributed by atoms with Crippen molar-refractivity contribution in [2.24, 2.45) is 0 Å². The van der Waals surface area contributed by atoms with Gasteiger partial charge in [0.1, 0.15) is 0 Å². The second kappa shape index (κ2) is 1.55. The zero-order chi connectivity index (χ0) is 5.11. The van der Waals surface area contributed by atoms with Crippen LogP contribution in [0.2, 0.25) is 0 Å². The van der Waals surface area contributed by atoms with E-state index >= 15 is 0 Å². The molecule has 0 N–H and O–H groups in total. The molecule has 0 saturated heterocycles. The molecule has 3 heteroatoms. The maximum absolute atomic E-state index is 10.1. The van der Waals surface area contributed by atoms with E-state index in [0.717, 1.165) is 6.39 Å². The van der Waals surface area contributed by atoms with Crippen molar-refractivity contribution in [1.29, 1.82) is 0 Å². The fourth-order valence-electron chi connectivity index (χ4n) is 0.261. The number of rotatable bonds is 0. The monoisotopic (exact) mass is 97.0 g/mol. The van der Waals surface area contributed by atoms with Gasteiger partial charge in [-0.15, -0.1) is 0 Å². The van der Waals surface area contributed by atoms with Crippen LogP contribution in [0.25, 0.3) is 0 Å². The van der Waals surface area contributed by atoms with Crippen LogP contribution in [-0.4, -0.2) is 4.98 Å². The lowest BCUT2D eigenvalue weighted by Gasteiger charge is -1.71. The maximum Gasteiger partial charge on any atom is 0.338 e. The Balaban J connectivity index is 3.28. The van der Waals surface area contributed by atoms with E-state index in [1.54, 1.807) is 0 Å². The molecule has 0 amide bonds. The van der Waals surface area contributed by atoms with Crippen molar-refractivity contribution >= 4 is 0 Å². The van der Waals surface area contributed by atoms with Gasteiger partial charge in [-0.05, 0) is 0 Å². The van der Waals surface area contributed by atoms with Gasteiger partial charge in [0, 0.05) is 12.3 Å². The summed E-state index contributed by atoms with van der Waals surface area (Å²) in [6.45, 7) is 0. The van der Waals surface area contributed by atoms with Gasteiger partial charge in [0.15, 0.2) is 6.39 Å². The van der Waals surface area contributed by atoms with E-state index in [9.17, 15) is 4.79 Å². The summed E-state index contributed by atoms with van der Waals surface area (Å²) in [4.78, 5) is 13.5. The molecule has 0 aliphatic heterocycles. The molecule has 0 fully saturated rings. The molecule has 1 heterocycles. The van der Waals surface area contributed by atoms with E-state index in [4.69, 9.17) is 0 Å². The summed E-state index contributed by atoms with van der Waals surface area (Å²) in [6, 6.07) is 1.25. The standard InChI is InChI=1S/C4H3NO2/c6-4-1-2-5-3-7-4/h1-3H. The van der Waals surface area contributed by atoms with Gasteiger partial charge in [0.25, 0.3) is 0 Å². The van der Waals surface area contributed by atoms with Crippen LogP contribution in [0.15, 0.2) is 27.9 Å². The Kier molecular flexibility index (Phi) is 0.898. The first-order valence-electron chi connectivity index (χ1n) is 1.78. The summed E-state index contributed by atoms with van der Waals surface area (Å²) in [7, 11) is 0. The van der Waals surface area contributed by atoms with Crippen molar-refractivity contribution in [2.75, 3.05) is 0 Å². The first-order chi connectivity index (χ1) is 3.39. The minimum Gasteiger partial charge on any atom is -0.411 e. The lowest BCUT2D eigenvalue weighted by Crippen LogP contribution is -1.92. The van der Waals surface area contributed by atoms with Gasteiger partial charge in [-0.25, -0.2) is 9.78 Å². The average molecular weight is 97.1 g/mol. The molecule has 0 aliphatic carbocycles. The number of nitrogens with zero attached hydrogens (tertiary/aromatic N) is 1. The van der Waals surface area contributed by atoms with Crippen molar-refractivity contribution in [3.8, 4) is 0 Å².